The van der Waals surface area contributed by atoms with Gasteiger partial charge in [-0.3, -0.25) is 0 Å². The first kappa shape index (κ1) is 16.0. The lowest BCUT2D eigenvalue weighted by molar-refractivity contribution is -0.291. The summed E-state index contributed by atoms with van der Waals surface area (Å²) in [5, 5.41) is 56.7. The fourth-order valence-corrected chi connectivity index (χ4v) is 2.33. The van der Waals surface area contributed by atoms with Crippen LogP contribution < -0.4 is 0 Å². The lowest BCUT2D eigenvalue weighted by Crippen LogP contribution is -2.56. The van der Waals surface area contributed by atoms with E-state index in [4.69, 9.17) is 24.4 Å². The predicted molar refractivity (Wildman–Crippen MR) is 61.5 cm³/mol. The molecular formula is C11H20O9. The summed E-state index contributed by atoms with van der Waals surface area (Å²) in [5.74, 6) is 0. The molecule has 0 aromatic heterocycles. The van der Waals surface area contributed by atoms with Crippen LogP contribution in [0.1, 0.15) is 0 Å². The number of aliphatic hydroxyl groups is 6. The minimum absolute atomic E-state index is 0.236. The molecule has 3 unspecified atom stereocenters. The first-order valence-electron chi connectivity index (χ1n) is 6.36. The molecule has 0 amide bonds. The summed E-state index contributed by atoms with van der Waals surface area (Å²) >= 11 is 0. The molecule has 2 saturated heterocycles. The standard InChI is InChI=1S/C11H20O9/c12-1-5-8(16)10(6(2-13)19-5)20-11-9(17)7(15)4(14)3-18-11/h4-17H,1-3H2/t4-,5+,6?,7+,8?,9?,10-,11+/m1/s1. The minimum atomic E-state index is -1.50. The van der Waals surface area contributed by atoms with Crippen molar-refractivity contribution < 1.29 is 44.8 Å². The highest BCUT2D eigenvalue weighted by Crippen LogP contribution is 2.27. The Labute approximate surface area is 114 Å². The fraction of sp³-hybridized carbons (Fsp3) is 1.00. The van der Waals surface area contributed by atoms with Gasteiger partial charge in [0.05, 0.1) is 19.8 Å². The van der Waals surface area contributed by atoms with Crippen LogP contribution in [0.3, 0.4) is 0 Å². The molecule has 2 fully saturated rings. The van der Waals surface area contributed by atoms with Gasteiger partial charge in [-0.2, -0.15) is 0 Å². The summed E-state index contributed by atoms with van der Waals surface area (Å²) in [4.78, 5) is 0. The zero-order chi connectivity index (χ0) is 14.9. The largest absolute Gasteiger partial charge is 0.394 e. The van der Waals surface area contributed by atoms with E-state index in [1.165, 1.54) is 0 Å². The Balaban J connectivity index is 2.01. The quantitative estimate of drug-likeness (QED) is 0.304. The van der Waals surface area contributed by atoms with Gasteiger partial charge in [0.25, 0.3) is 0 Å². The summed E-state index contributed by atoms with van der Waals surface area (Å²) in [6, 6.07) is 0. The van der Waals surface area contributed by atoms with E-state index in [0.29, 0.717) is 0 Å². The SMILES string of the molecule is OCC1O[C@@H](CO)C(O)[C@@H]1O[C@@H]1OC[C@@H](O)[C@H](O)C1O. The third kappa shape index (κ3) is 2.96. The molecule has 0 bridgehead atoms. The third-order valence-corrected chi connectivity index (χ3v) is 3.54. The lowest BCUT2D eigenvalue weighted by Gasteiger charge is -2.37. The average Bonchev–Trinajstić information content (AvgIpc) is 2.75. The number of rotatable bonds is 4. The molecule has 8 atom stereocenters. The monoisotopic (exact) mass is 296 g/mol. The van der Waals surface area contributed by atoms with Gasteiger partial charge in [0.1, 0.15) is 42.7 Å². The van der Waals surface area contributed by atoms with Gasteiger partial charge in [-0.15, -0.1) is 0 Å². The highest BCUT2D eigenvalue weighted by molar-refractivity contribution is 4.93. The van der Waals surface area contributed by atoms with E-state index in [-0.39, 0.29) is 6.61 Å². The highest BCUT2D eigenvalue weighted by atomic mass is 16.7. The molecule has 2 aliphatic heterocycles. The molecule has 9 heteroatoms. The van der Waals surface area contributed by atoms with E-state index < -0.39 is 62.2 Å². The Hall–Kier alpha value is -0.360. The Bertz CT molecular complexity index is 312. The first-order chi connectivity index (χ1) is 9.49. The van der Waals surface area contributed by atoms with E-state index in [2.05, 4.69) is 0 Å². The molecule has 0 spiro atoms. The van der Waals surface area contributed by atoms with Crippen molar-refractivity contribution in [2.24, 2.45) is 0 Å². The first-order valence-corrected chi connectivity index (χ1v) is 6.36. The van der Waals surface area contributed by atoms with Gasteiger partial charge in [0, 0.05) is 0 Å². The summed E-state index contributed by atoms with van der Waals surface area (Å²) in [6.07, 6.45) is -9.48. The maximum absolute atomic E-state index is 9.91. The Morgan fingerprint density at radius 3 is 2.15 bits per heavy atom. The molecule has 0 radical (unpaired) electrons. The minimum Gasteiger partial charge on any atom is -0.394 e. The van der Waals surface area contributed by atoms with Crippen molar-refractivity contribution in [1.29, 1.82) is 0 Å². The molecule has 9 nitrogen and oxygen atoms in total. The smallest absolute Gasteiger partial charge is 0.186 e. The molecule has 2 aliphatic rings. The van der Waals surface area contributed by atoms with Crippen molar-refractivity contribution in [2.75, 3.05) is 19.8 Å². The summed E-state index contributed by atoms with van der Waals surface area (Å²) in [5.41, 5.74) is 0. The van der Waals surface area contributed by atoms with Gasteiger partial charge in [-0.05, 0) is 0 Å². The predicted octanol–water partition coefficient (Wildman–Crippen LogP) is -4.08. The number of aliphatic hydroxyl groups excluding tert-OH is 6. The number of hydrogen-bond donors (Lipinski definition) is 6. The second kappa shape index (κ2) is 6.60. The van der Waals surface area contributed by atoms with Crippen molar-refractivity contribution in [3.63, 3.8) is 0 Å². The lowest BCUT2D eigenvalue weighted by atomic mass is 10.0. The summed E-state index contributed by atoms with van der Waals surface area (Å²) in [6.45, 7) is -1.14. The molecule has 20 heavy (non-hydrogen) atoms. The van der Waals surface area contributed by atoms with Crippen LogP contribution in [-0.2, 0) is 14.2 Å². The molecule has 0 saturated carbocycles. The summed E-state index contributed by atoms with van der Waals surface area (Å²) < 4.78 is 15.6. The maximum atomic E-state index is 9.91. The van der Waals surface area contributed by atoms with Gasteiger partial charge < -0.3 is 44.8 Å². The Kier molecular flexibility index (Phi) is 5.29. The van der Waals surface area contributed by atoms with Crippen molar-refractivity contribution in [3.05, 3.63) is 0 Å². The van der Waals surface area contributed by atoms with Crippen LogP contribution >= 0.6 is 0 Å². The third-order valence-electron chi connectivity index (χ3n) is 3.54. The van der Waals surface area contributed by atoms with Crippen molar-refractivity contribution in [1.82, 2.24) is 0 Å². The molecule has 0 aromatic carbocycles. The van der Waals surface area contributed by atoms with Gasteiger partial charge in [-0.1, -0.05) is 0 Å². The molecule has 2 rings (SSSR count). The molecule has 2 heterocycles. The normalized spacial score (nSPS) is 49.5. The topological polar surface area (TPSA) is 149 Å². The Morgan fingerprint density at radius 2 is 1.55 bits per heavy atom. The van der Waals surface area contributed by atoms with E-state index in [1.807, 2.05) is 0 Å². The zero-order valence-corrected chi connectivity index (χ0v) is 10.6. The molecular weight excluding hydrogens is 276 g/mol. The second-order valence-electron chi connectivity index (χ2n) is 4.92. The molecule has 0 aliphatic carbocycles. The van der Waals surface area contributed by atoms with Gasteiger partial charge in [0.15, 0.2) is 6.29 Å². The fourth-order valence-electron chi connectivity index (χ4n) is 2.33. The molecule has 6 N–H and O–H groups in total. The highest BCUT2D eigenvalue weighted by Gasteiger charge is 2.48. The van der Waals surface area contributed by atoms with Gasteiger partial charge in [-0.25, -0.2) is 0 Å². The maximum Gasteiger partial charge on any atom is 0.186 e. The molecule has 0 aromatic rings. The van der Waals surface area contributed by atoms with Crippen LogP contribution in [0.25, 0.3) is 0 Å². The second-order valence-corrected chi connectivity index (χ2v) is 4.92. The van der Waals surface area contributed by atoms with Crippen LogP contribution in [0, 0.1) is 0 Å². The van der Waals surface area contributed by atoms with Gasteiger partial charge in [0.2, 0.25) is 0 Å². The zero-order valence-electron chi connectivity index (χ0n) is 10.6. The van der Waals surface area contributed by atoms with Crippen LogP contribution in [0.2, 0.25) is 0 Å². The van der Waals surface area contributed by atoms with Crippen molar-refractivity contribution >= 4 is 0 Å². The Morgan fingerprint density at radius 1 is 0.900 bits per heavy atom. The number of hydrogen-bond acceptors (Lipinski definition) is 9. The van der Waals surface area contributed by atoms with Crippen LogP contribution in [0.4, 0.5) is 0 Å². The van der Waals surface area contributed by atoms with Crippen LogP contribution in [0.5, 0.6) is 0 Å². The molecule has 118 valence electrons. The van der Waals surface area contributed by atoms with Crippen molar-refractivity contribution in [3.8, 4) is 0 Å². The van der Waals surface area contributed by atoms with Crippen LogP contribution in [-0.4, -0.2) is 99.5 Å². The van der Waals surface area contributed by atoms with Crippen LogP contribution in [0.15, 0.2) is 0 Å². The van der Waals surface area contributed by atoms with E-state index in [9.17, 15) is 20.4 Å². The van der Waals surface area contributed by atoms with E-state index in [0.717, 1.165) is 0 Å². The number of ether oxygens (including phenoxy) is 3. The van der Waals surface area contributed by atoms with Crippen molar-refractivity contribution in [2.45, 2.75) is 49.0 Å². The van der Waals surface area contributed by atoms with E-state index >= 15 is 0 Å². The van der Waals surface area contributed by atoms with Gasteiger partial charge >= 0.3 is 0 Å². The average molecular weight is 296 g/mol. The van der Waals surface area contributed by atoms with E-state index in [1.54, 1.807) is 0 Å². The summed E-state index contributed by atoms with van der Waals surface area (Å²) in [7, 11) is 0.